The third-order valence-electron chi connectivity index (χ3n) is 5.55. The van der Waals surface area contributed by atoms with Gasteiger partial charge in [-0.05, 0) is 18.6 Å². The summed E-state index contributed by atoms with van der Waals surface area (Å²) < 4.78 is 67.6. The second kappa shape index (κ2) is 8.74. The van der Waals surface area contributed by atoms with E-state index in [1.165, 1.54) is 12.4 Å². The summed E-state index contributed by atoms with van der Waals surface area (Å²) >= 11 is 0. The van der Waals surface area contributed by atoms with Gasteiger partial charge >= 0.3 is 0 Å². The Bertz CT molecular complexity index is 1310. The predicted octanol–water partition coefficient (Wildman–Crippen LogP) is 1.60. The third kappa shape index (κ3) is 4.31. The van der Waals surface area contributed by atoms with Crippen molar-refractivity contribution >= 4 is 32.7 Å². The fourth-order valence-electron chi connectivity index (χ4n) is 3.71. The van der Waals surface area contributed by atoms with Gasteiger partial charge in [0, 0.05) is 43.4 Å². The minimum Gasteiger partial charge on any atom is -0.396 e. The van der Waals surface area contributed by atoms with Crippen molar-refractivity contribution < 1.29 is 36.6 Å². The highest BCUT2D eigenvalue weighted by molar-refractivity contribution is 7.89. The molecule has 0 bridgehead atoms. The van der Waals surface area contributed by atoms with E-state index in [2.05, 4.69) is 15.3 Å². The van der Waals surface area contributed by atoms with Crippen LogP contribution in [0.1, 0.15) is 16.8 Å². The smallest absolute Gasteiger partial charge is 0.257 e. The highest BCUT2D eigenvalue weighted by Crippen LogP contribution is 2.28. The number of sulfonamides is 1. The lowest BCUT2D eigenvalue weighted by Gasteiger charge is -2.34. The van der Waals surface area contributed by atoms with Crippen LogP contribution in [0.5, 0.6) is 0 Å². The Hall–Kier alpha value is -3.00. The molecule has 2 atom stereocenters. The molecule has 176 valence electrons. The van der Waals surface area contributed by atoms with Gasteiger partial charge in [-0.3, -0.25) is 4.79 Å². The Morgan fingerprint density at radius 3 is 2.55 bits per heavy atom. The maximum Gasteiger partial charge on any atom is 0.257 e. The van der Waals surface area contributed by atoms with Crippen LogP contribution in [0.2, 0.25) is 0 Å². The number of aromatic amines is 1. The van der Waals surface area contributed by atoms with Gasteiger partial charge in [0.05, 0.1) is 33.9 Å². The number of nitrogens with zero attached hydrogens (tertiary/aromatic N) is 2. The number of β-amino-alcohol motifs (C(OH)–C–C–N with tert-alkyl or cyclic N) is 1. The van der Waals surface area contributed by atoms with Crippen molar-refractivity contribution in [1.29, 1.82) is 0 Å². The zero-order valence-electron chi connectivity index (χ0n) is 16.9. The van der Waals surface area contributed by atoms with E-state index in [0.717, 1.165) is 10.4 Å². The first kappa shape index (κ1) is 23.2. The van der Waals surface area contributed by atoms with E-state index in [4.69, 9.17) is 0 Å². The average Bonchev–Trinajstić information content (AvgIpc) is 3.25. The molecular formula is C20H19F3N4O5S. The van der Waals surface area contributed by atoms with Gasteiger partial charge in [-0.25, -0.2) is 26.6 Å². The standard InChI is InChI=1S/C20H19F3N4O5S/c21-14-3-11(4-15(22)18(14)23)26-20(30)13-5-12(6-16-19(13)25-9-24-16)33(31,32)27-2-1-10(8-28)17(29)7-27/h3-6,9-10,17,28-29H,1-2,7-8H2,(H,24,25)(H,26,30). The van der Waals surface area contributed by atoms with Crippen molar-refractivity contribution in [3.8, 4) is 0 Å². The van der Waals surface area contributed by atoms with Gasteiger partial charge in [0.1, 0.15) is 0 Å². The zero-order chi connectivity index (χ0) is 23.9. The Kier molecular flexibility index (Phi) is 6.14. The zero-order valence-corrected chi connectivity index (χ0v) is 17.7. The van der Waals surface area contributed by atoms with E-state index in [1.54, 1.807) is 0 Å². The molecule has 1 aromatic heterocycles. The Morgan fingerprint density at radius 1 is 1.21 bits per heavy atom. The molecule has 2 aromatic carbocycles. The number of aliphatic hydroxyl groups excluding tert-OH is 2. The van der Waals surface area contributed by atoms with E-state index in [9.17, 15) is 36.6 Å². The molecule has 0 aliphatic carbocycles. The van der Waals surface area contributed by atoms with Gasteiger partial charge in [0.15, 0.2) is 17.5 Å². The number of nitrogens with one attached hydrogen (secondary N) is 2. The molecule has 4 N–H and O–H groups in total. The van der Waals surface area contributed by atoms with Crippen LogP contribution in [0.3, 0.4) is 0 Å². The third-order valence-corrected chi connectivity index (χ3v) is 7.39. The van der Waals surface area contributed by atoms with E-state index in [0.29, 0.717) is 12.1 Å². The van der Waals surface area contributed by atoms with Crippen LogP contribution in [0.15, 0.2) is 35.5 Å². The lowest BCUT2D eigenvalue weighted by Crippen LogP contribution is -2.47. The molecule has 1 aliphatic heterocycles. The van der Waals surface area contributed by atoms with Crippen LogP contribution in [-0.2, 0) is 10.0 Å². The summed E-state index contributed by atoms with van der Waals surface area (Å²) in [7, 11) is -4.16. The van der Waals surface area contributed by atoms with Crippen LogP contribution in [-0.4, -0.2) is 64.6 Å². The molecule has 0 spiro atoms. The monoisotopic (exact) mass is 484 g/mol. The van der Waals surface area contributed by atoms with E-state index in [-0.39, 0.29) is 53.3 Å². The van der Waals surface area contributed by atoms with Gasteiger partial charge in [-0.2, -0.15) is 4.31 Å². The Morgan fingerprint density at radius 2 is 1.91 bits per heavy atom. The molecule has 1 amide bonds. The summed E-state index contributed by atoms with van der Waals surface area (Å²) in [6.07, 6.45) is 0.431. The molecule has 13 heteroatoms. The van der Waals surface area contributed by atoms with E-state index < -0.39 is 45.4 Å². The van der Waals surface area contributed by atoms with Crippen LogP contribution in [0, 0.1) is 23.4 Å². The lowest BCUT2D eigenvalue weighted by atomic mass is 9.96. The van der Waals surface area contributed by atoms with Crippen LogP contribution in [0.4, 0.5) is 18.9 Å². The maximum absolute atomic E-state index is 13.5. The first-order valence-corrected chi connectivity index (χ1v) is 11.3. The minimum absolute atomic E-state index is 0.0544. The number of hydrogen-bond acceptors (Lipinski definition) is 6. The first-order valence-electron chi connectivity index (χ1n) is 9.84. The van der Waals surface area contributed by atoms with Gasteiger partial charge in [0.2, 0.25) is 10.0 Å². The highest BCUT2D eigenvalue weighted by Gasteiger charge is 2.35. The van der Waals surface area contributed by atoms with Crippen molar-refractivity contribution in [2.24, 2.45) is 5.92 Å². The molecule has 2 heterocycles. The minimum atomic E-state index is -4.16. The Balaban J connectivity index is 1.69. The average molecular weight is 484 g/mol. The summed E-state index contributed by atoms with van der Waals surface area (Å²) in [5.41, 5.74) is -0.233. The SMILES string of the molecule is O=C(Nc1cc(F)c(F)c(F)c1)c1cc(S(=O)(=O)N2CCC(CO)C(O)C2)cc2nc[nH]c12. The fraction of sp³-hybridized carbons (Fsp3) is 0.300. The summed E-state index contributed by atoms with van der Waals surface area (Å²) in [6, 6.07) is 3.51. The van der Waals surface area contributed by atoms with Crippen molar-refractivity contribution in [1.82, 2.24) is 14.3 Å². The number of aliphatic hydroxyl groups is 2. The number of imidazole rings is 1. The number of carbonyl (C=O) groups is 1. The first-order chi connectivity index (χ1) is 15.6. The van der Waals surface area contributed by atoms with Crippen molar-refractivity contribution in [3.63, 3.8) is 0 Å². The molecule has 1 aliphatic rings. The molecule has 0 saturated carbocycles. The number of benzene rings is 2. The number of hydrogen-bond donors (Lipinski definition) is 4. The molecule has 9 nitrogen and oxygen atoms in total. The number of halogens is 3. The summed E-state index contributed by atoms with van der Waals surface area (Å²) in [4.78, 5) is 19.3. The predicted molar refractivity (Wildman–Crippen MR) is 110 cm³/mol. The van der Waals surface area contributed by atoms with Gasteiger partial charge in [-0.1, -0.05) is 0 Å². The summed E-state index contributed by atoms with van der Waals surface area (Å²) in [6.45, 7) is -0.454. The molecule has 1 fully saturated rings. The molecular weight excluding hydrogens is 465 g/mol. The number of piperidine rings is 1. The maximum atomic E-state index is 13.5. The van der Waals surface area contributed by atoms with Gasteiger partial charge in [-0.15, -0.1) is 0 Å². The number of amides is 1. The second-order valence-electron chi connectivity index (χ2n) is 7.64. The van der Waals surface area contributed by atoms with Crippen LogP contribution in [0.25, 0.3) is 11.0 Å². The number of aromatic nitrogens is 2. The normalized spacial score (nSPS) is 19.7. The second-order valence-corrected chi connectivity index (χ2v) is 9.58. The van der Waals surface area contributed by atoms with Crippen LogP contribution < -0.4 is 5.32 Å². The Labute approximate surface area is 185 Å². The largest absolute Gasteiger partial charge is 0.396 e. The number of carbonyl (C=O) groups excluding carboxylic acids is 1. The molecule has 3 aromatic rings. The fourth-order valence-corrected chi connectivity index (χ4v) is 5.23. The molecule has 33 heavy (non-hydrogen) atoms. The van der Waals surface area contributed by atoms with Gasteiger partial charge < -0.3 is 20.5 Å². The van der Waals surface area contributed by atoms with Crippen molar-refractivity contribution in [3.05, 3.63) is 53.6 Å². The van der Waals surface area contributed by atoms with E-state index >= 15 is 0 Å². The number of H-pyrrole nitrogens is 1. The number of rotatable bonds is 5. The quantitative estimate of drug-likeness (QED) is 0.406. The van der Waals surface area contributed by atoms with Crippen molar-refractivity contribution in [2.75, 3.05) is 25.0 Å². The van der Waals surface area contributed by atoms with Gasteiger partial charge in [0.25, 0.3) is 5.91 Å². The summed E-state index contributed by atoms with van der Waals surface area (Å²) in [5.74, 6) is -6.05. The molecule has 2 unspecified atom stereocenters. The number of anilines is 1. The molecule has 1 saturated heterocycles. The van der Waals surface area contributed by atoms with Crippen LogP contribution >= 0.6 is 0 Å². The van der Waals surface area contributed by atoms with E-state index in [1.807, 2.05) is 0 Å². The summed E-state index contributed by atoms with van der Waals surface area (Å²) in [5, 5.41) is 21.6. The topological polar surface area (TPSA) is 136 Å². The van der Waals surface area contributed by atoms with Crippen molar-refractivity contribution in [2.45, 2.75) is 17.4 Å². The molecule has 0 radical (unpaired) electrons. The highest BCUT2D eigenvalue weighted by atomic mass is 32.2. The number of fused-ring (bicyclic) bond motifs is 1. The lowest BCUT2D eigenvalue weighted by molar-refractivity contribution is 0.0222. The molecule has 4 rings (SSSR count).